The molecule has 142 valence electrons. The number of hydrogen-bond donors (Lipinski definition) is 1. The first-order valence-electron chi connectivity index (χ1n) is 8.25. The summed E-state index contributed by atoms with van der Waals surface area (Å²) in [5.41, 5.74) is 8.27. The van der Waals surface area contributed by atoms with Crippen molar-refractivity contribution in [2.45, 2.75) is 32.2 Å². The van der Waals surface area contributed by atoms with Crippen LogP contribution in [-0.4, -0.2) is 26.7 Å². The van der Waals surface area contributed by atoms with Gasteiger partial charge in [-0.05, 0) is 50.1 Å². The third-order valence-corrected chi connectivity index (χ3v) is 3.70. The zero-order valence-corrected chi connectivity index (χ0v) is 14.9. The van der Waals surface area contributed by atoms with Crippen LogP contribution in [0.2, 0.25) is 0 Å². The minimum atomic E-state index is -4.72. The Kier molecular flexibility index (Phi) is 4.93. The Bertz CT molecular complexity index is 820. The monoisotopic (exact) mass is 376 g/mol. The molecule has 0 aliphatic rings. The van der Waals surface area contributed by atoms with E-state index in [1.165, 1.54) is 35.3 Å². The lowest BCUT2D eigenvalue weighted by molar-refractivity contribution is -0.274. The lowest BCUT2D eigenvalue weighted by Gasteiger charge is -2.18. The molecule has 0 aliphatic heterocycles. The van der Waals surface area contributed by atoms with Crippen LogP contribution in [0.5, 0.6) is 5.75 Å². The van der Waals surface area contributed by atoms with Gasteiger partial charge in [-0.3, -0.25) is 0 Å². The number of nitrogens with zero attached hydrogens (tertiary/aromatic N) is 3. The fourth-order valence-electron chi connectivity index (χ4n) is 2.62. The molecule has 3 rings (SSSR count). The number of alkyl halides is 3. The SMILES string of the molecule is CC(C)(N)Cc1ccc(-c2ncn(-c3ccc(OC(F)(F)F)cc3)n2)cc1. The Balaban J connectivity index is 1.75. The second-order valence-electron chi connectivity index (χ2n) is 6.92. The quantitative estimate of drug-likeness (QED) is 0.728. The van der Waals surface area contributed by atoms with Crippen LogP contribution in [0.4, 0.5) is 13.2 Å². The first kappa shape index (κ1) is 18.9. The van der Waals surface area contributed by atoms with Gasteiger partial charge in [-0.2, -0.15) is 0 Å². The summed E-state index contributed by atoms with van der Waals surface area (Å²) in [6, 6.07) is 13.2. The van der Waals surface area contributed by atoms with Crippen molar-refractivity contribution in [3.8, 4) is 22.8 Å². The first-order chi connectivity index (χ1) is 12.6. The zero-order valence-electron chi connectivity index (χ0n) is 14.9. The molecule has 27 heavy (non-hydrogen) atoms. The molecule has 0 radical (unpaired) electrons. The van der Waals surface area contributed by atoms with Gasteiger partial charge in [-0.15, -0.1) is 18.3 Å². The molecule has 2 aromatic carbocycles. The number of ether oxygens (including phenoxy) is 1. The molecule has 0 aliphatic carbocycles. The van der Waals surface area contributed by atoms with E-state index < -0.39 is 6.36 Å². The van der Waals surface area contributed by atoms with Crippen LogP contribution in [0.15, 0.2) is 54.9 Å². The Morgan fingerprint density at radius 1 is 1.00 bits per heavy atom. The Morgan fingerprint density at radius 2 is 1.63 bits per heavy atom. The van der Waals surface area contributed by atoms with Crippen LogP contribution in [0.25, 0.3) is 17.1 Å². The molecule has 1 heterocycles. The van der Waals surface area contributed by atoms with E-state index in [0.29, 0.717) is 11.5 Å². The van der Waals surface area contributed by atoms with E-state index in [1.807, 2.05) is 38.1 Å². The Hall–Kier alpha value is -2.87. The van der Waals surface area contributed by atoms with Crippen molar-refractivity contribution in [3.05, 3.63) is 60.4 Å². The summed E-state index contributed by atoms with van der Waals surface area (Å²) < 4.78 is 42.0. The van der Waals surface area contributed by atoms with E-state index in [2.05, 4.69) is 14.8 Å². The molecule has 2 N–H and O–H groups in total. The third-order valence-electron chi connectivity index (χ3n) is 3.70. The highest BCUT2D eigenvalue weighted by Gasteiger charge is 2.31. The molecule has 3 aromatic rings. The molecule has 8 heteroatoms. The minimum absolute atomic E-state index is 0.287. The summed E-state index contributed by atoms with van der Waals surface area (Å²) in [6.07, 6.45) is -2.46. The predicted molar refractivity (Wildman–Crippen MR) is 95.4 cm³/mol. The summed E-state index contributed by atoms with van der Waals surface area (Å²) in [6.45, 7) is 3.93. The molecular weight excluding hydrogens is 357 g/mol. The Labute approximate surface area is 154 Å². The van der Waals surface area contributed by atoms with Gasteiger partial charge < -0.3 is 10.5 Å². The highest BCUT2D eigenvalue weighted by atomic mass is 19.4. The second kappa shape index (κ2) is 7.03. The molecule has 0 spiro atoms. The molecule has 0 saturated heterocycles. The first-order valence-corrected chi connectivity index (χ1v) is 8.25. The number of nitrogens with two attached hydrogens (primary N) is 1. The van der Waals surface area contributed by atoms with Crippen molar-refractivity contribution < 1.29 is 17.9 Å². The van der Waals surface area contributed by atoms with Crippen molar-refractivity contribution in [2.24, 2.45) is 5.73 Å². The lowest BCUT2D eigenvalue weighted by atomic mass is 9.95. The smallest absolute Gasteiger partial charge is 0.406 e. The van der Waals surface area contributed by atoms with Gasteiger partial charge in [0.05, 0.1) is 5.69 Å². The fourth-order valence-corrected chi connectivity index (χ4v) is 2.62. The molecule has 5 nitrogen and oxygen atoms in total. The van der Waals surface area contributed by atoms with Crippen LogP contribution in [0.1, 0.15) is 19.4 Å². The van der Waals surface area contributed by atoms with Gasteiger partial charge in [0, 0.05) is 11.1 Å². The molecular formula is C19H19F3N4O. The van der Waals surface area contributed by atoms with E-state index in [9.17, 15) is 13.2 Å². The normalized spacial score (nSPS) is 12.2. The van der Waals surface area contributed by atoms with Gasteiger partial charge >= 0.3 is 6.36 Å². The maximum absolute atomic E-state index is 12.2. The second-order valence-corrected chi connectivity index (χ2v) is 6.92. The Morgan fingerprint density at radius 3 is 2.19 bits per heavy atom. The summed E-state index contributed by atoms with van der Waals surface area (Å²) >= 11 is 0. The predicted octanol–water partition coefficient (Wildman–Crippen LogP) is 4.11. The van der Waals surface area contributed by atoms with Crippen molar-refractivity contribution in [1.82, 2.24) is 14.8 Å². The van der Waals surface area contributed by atoms with E-state index >= 15 is 0 Å². The van der Waals surface area contributed by atoms with Gasteiger partial charge in [-0.1, -0.05) is 24.3 Å². The maximum atomic E-state index is 12.2. The molecule has 0 bridgehead atoms. The average Bonchev–Trinajstić information content (AvgIpc) is 3.03. The summed E-state index contributed by atoms with van der Waals surface area (Å²) in [7, 11) is 0. The van der Waals surface area contributed by atoms with Crippen LogP contribution in [-0.2, 0) is 6.42 Å². The van der Waals surface area contributed by atoms with E-state index in [0.717, 1.165) is 17.5 Å². The van der Waals surface area contributed by atoms with Crippen molar-refractivity contribution in [2.75, 3.05) is 0 Å². The fraction of sp³-hybridized carbons (Fsp3) is 0.263. The van der Waals surface area contributed by atoms with Gasteiger partial charge in [0.15, 0.2) is 5.82 Å². The van der Waals surface area contributed by atoms with Gasteiger partial charge in [0.2, 0.25) is 0 Å². The van der Waals surface area contributed by atoms with Crippen molar-refractivity contribution >= 4 is 0 Å². The van der Waals surface area contributed by atoms with Crippen molar-refractivity contribution in [1.29, 1.82) is 0 Å². The third kappa shape index (κ3) is 5.30. The molecule has 0 amide bonds. The molecule has 1 aromatic heterocycles. The van der Waals surface area contributed by atoms with Gasteiger partial charge in [0.1, 0.15) is 12.1 Å². The van der Waals surface area contributed by atoms with Crippen LogP contribution < -0.4 is 10.5 Å². The van der Waals surface area contributed by atoms with Gasteiger partial charge in [-0.25, -0.2) is 9.67 Å². The molecule has 0 saturated carbocycles. The van der Waals surface area contributed by atoms with Gasteiger partial charge in [0.25, 0.3) is 0 Å². The zero-order chi connectivity index (χ0) is 19.7. The largest absolute Gasteiger partial charge is 0.573 e. The molecule has 0 unspecified atom stereocenters. The highest BCUT2D eigenvalue weighted by molar-refractivity contribution is 5.55. The highest BCUT2D eigenvalue weighted by Crippen LogP contribution is 2.24. The summed E-state index contributed by atoms with van der Waals surface area (Å²) in [4.78, 5) is 4.26. The number of rotatable bonds is 5. The number of benzene rings is 2. The number of hydrogen-bond acceptors (Lipinski definition) is 4. The lowest BCUT2D eigenvalue weighted by Crippen LogP contribution is -2.34. The average molecular weight is 376 g/mol. The topological polar surface area (TPSA) is 66.0 Å². The van der Waals surface area contributed by atoms with Crippen LogP contribution in [0.3, 0.4) is 0 Å². The van der Waals surface area contributed by atoms with Crippen LogP contribution >= 0.6 is 0 Å². The number of halogens is 3. The summed E-state index contributed by atoms with van der Waals surface area (Å²) in [5, 5.41) is 4.38. The van der Waals surface area contributed by atoms with Crippen molar-refractivity contribution in [3.63, 3.8) is 0 Å². The van der Waals surface area contributed by atoms with Crippen LogP contribution in [0, 0.1) is 0 Å². The minimum Gasteiger partial charge on any atom is -0.406 e. The standard InChI is InChI=1S/C19H19F3N4O/c1-18(2,23)11-13-3-5-14(6-4-13)17-24-12-26(25-17)15-7-9-16(10-8-15)27-19(20,21)22/h3-10,12H,11,23H2,1-2H3. The molecule has 0 atom stereocenters. The maximum Gasteiger partial charge on any atom is 0.573 e. The molecule has 0 fully saturated rings. The number of aromatic nitrogens is 3. The van der Waals surface area contributed by atoms with E-state index in [4.69, 9.17) is 5.73 Å². The summed E-state index contributed by atoms with van der Waals surface area (Å²) in [5.74, 6) is 0.231. The van der Waals surface area contributed by atoms with E-state index in [-0.39, 0.29) is 11.3 Å². The van der Waals surface area contributed by atoms with E-state index in [1.54, 1.807) is 0 Å².